The van der Waals surface area contributed by atoms with Crippen molar-refractivity contribution in [2.45, 2.75) is 26.8 Å². The first-order valence-electron chi connectivity index (χ1n) is 5.27. The van der Waals surface area contributed by atoms with Crippen LogP contribution in [0.4, 0.5) is 10.1 Å². The van der Waals surface area contributed by atoms with Crippen molar-refractivity contribution in [3.05, 3.63) is 29.6 Å². The first-order valence-corrected chi connectivity index (χ1v) is 5.27. The molecule has 3 N–H and O–H groups in total. The summed E-state index contributed by atoms with van der Waals surface area (Å²) in [6, 6.07) is 3.87. The van der Waals surface area contributed by atoms with Crippen LogP contribution in [0.5, 0.6) is 0 Å². The zero-order chi connectivity index (χ0) is 12.3. The summed E-state index contributed by atoms with van der Waals surface area (Å²) in [7, 11) is 0. The van der Waals surface area contributed by atoms with Crippen molar-refractivity contribution in [2.24, 2.45) is 5.92 Å². The van der Waals surface area contributed by atoms with Crippen LogP contribution in [0.3, 0.4) is 0 Å². The Bertz CT molecular complexity index is 370. The first kappa shape index (κ1) is 12.5. The van der Waals surface area contributed by atoms with Gasteiger partial charge in [-0.15, -0.1) is 0 Å². The molecule has 3 nitrogen and oxygen atoms in total. The van der Waals surface area contributed by atoms with Gasteiger partial charge in [0.15, 0.2) is 0 Å². The van der Waals surface area contributed by atoms with Gasteiger partial charge in [-0.25, -0.2) is 4.39 Å². The molecule has 1 aromatic carbocycles. The molecule has 0 heterocycles. The Labute approximate surface area is 94.8 Å². The Balaban J connectivity index is 2.80. The standard InChI is InChI=1S/C12H17FN2O/c1-7(2)8(3)15-12(16)9-4-10(13)6-11(14)5-9/h4-8H,14H2,1-3H3,(H,15,16). The number of benzene rings is 1. The van der Waals surface area contributed by atoms with E-state index in [2.05, 4.69) is 5.32 Å². The van der Waals surface area contributed by atoms with Gasteiger partial charge in [-0.05, 0) is 31.0 Å². The molecule has 0 aliphatic rings. The van der Waals surface area contributed by atoms with Crippen LogP contribution in [-0.4, -0.2) is 11.9 Å². The van der Waals surface area contributed by atoms with Gasteiger partial charge in [0.1, 0.15) is 5.82 Å². The van der Waals surface area contributed by atoms with Crippen molar-refractivity contribution >= 4 is 11.6 Å². The molecular formula is C12H17FN2O. The van der Waals surface area contributed by atoms with Gasteiger partial charge in [0.25, 0.3) is 5.91 Å². The maximum absolute atomic E-state index is 13.0. The zero-order valence-electron chi connectivity index (χ0n) is 9.75. The number of amides is 1. The van der Waals surface area contributed by atoms with E-state index in [4.69, 9.17) is 5.73 Å². The number of nitrogen functional groups attached to an aromatic ring is 1. The van der Waals surface area contributed by atoms with Crippen molar-refractivity contribution in [1.29, 1.82) is 0 Å². The van der Waals surface area contributed by atoms with Crippen LogP contribution in [0.25, 0.3) is 0 Å². The fraction of sp³-hybridized carbons (Fsp3) is 0.417. The molecule has 0 aromatic heterocycles. The number of hydrogen-bond donors (Lipinski definition) is 2. The van der Waals surface area contributed by atoms with Crippen molar-refractivity contribution in [2.75, 3.05) is 5.73 Å². The van der Waals surface area contributed by atoms with Crippen LogP contribution in [0.15, 0.2) is 18.2 Å². The predicted molar refractivity (Wildman–Crippen MR) is 62.6 cm³/mol. The number of carbonyl (C=O) groups is 1. The molecule has 88 valence electrons. The van der Waals surface area contributed by atoms with Gasteiger partial charge in [0.05, 0.1) is 0 Å². The summed E-state index contributed by atoms with van der Waals surface area (Å²) >= 11 is 0. The van der Waals surface area contributed by atoms with E-state index in [1.807, 2.05) is 20.8 Å². The third-order valence-corrected chi connectivity index (χ3v) is 2.54. The molecule has 0 aliphatic heterocycles. The van der Waals surface area contributed by atoms with Crippen molar-refractivity contribution < 1.29 is 9.18 Å². The highest BCUT2D eigenvalue weighted by Gasteiger charge is 2.13. The minimum absolute atomic E-state index is 0.0389. The molecular weight excluding hydrogens is 207 g/mol. The summed E-state index contributed by atoms with van der Waals surface area (Å²) in [6.45, 7) is 5.92. The molecule has 0 fully saturated rings. The van der Waals surface area contributed by atoms with E-state index >= 15 is 0 Å². The molecule has 1 atom stereocenters. The highest BCUT2D eigenvalue weighted by Crippen LogP contribution is 2.11. The van der Waals surface area contributed by atoms with Gasteiger partial charge in [-0.3, -0.25) is 4.79 Å². The van der Waals surface area contributed by atoms with E-state index in [0.29, 0.717) is 5.92 Å². The maximum atomic E-state index is 13.0. The minimum Gasteiger partial charge on any atom is -0.399 e. The average molecular weight is 224 g/mol. The number of nitrogens with two attached hydrogens (primary N) is 1. The summed E-state index contributed by atoms with van der Waals surface area (Å²) in [5, 5.41) is 2.79. The van der Waals surface area contributed by atoms with Gasteiger partial charge >= 0.3 is 0 Å². The van der Waals surface area contributed by atoms with Crippen LogP contribution in [0.2, 0.25) is 0 Å². The van der Waals surface area contributed by atoms with Crippen molar-refractivity contribution in [3.8, 4) is 0 Å². The van der Waals surface area contributed by atoms with E-state index in [1.54, 1.807) is 0 Å². The fourth-order valence-electron chi connectivity index (χ4n) is 1.20. The molecule has 0 radical (unpaired) electrons. The molecule has 4 heteroatoms. The Kier molecular flexibility index (Phi) is 3.88. The lowest BCUT2D eigenvalue weighted by molar-refractivity contribution is 0.0930. The molecule has 1 amide bonds. The number of nitrogens with one attached hydrogen (secondary N) is 1. The second-order valence-electron chi connectivity index (χ2n) is 4.28. The number of anilines is 1. The third kappa shape index (κ3) is 3.22. The molecule has 0 aliphatic carbocycles. The van der Waals surface area contributed by atoms with Crippen molar-refractivity contribution in [3.63, 3.8) is 0 Å². The predicted octanol–water partition coefficient (Wildman–Crippen LogP) is 2.18. The monoisotopic (exact) mass is 224 g/mol. The second kappa shape index (κ2) is 4.96. The smallest absolute Gasteiger partial charge is 0.251 e. The van der Waals surface area contributed by atoms with Gasteiger partial charge in [0.2, 0.25) is 0 Å². The molecule has 0 spiro atoms. The molecule has 0 saturated heterocycles. The molecule has 16 heavy (non-hydrogen) atoms. The number of carbonyl (C=O) groups excluding carboxylic acids is 1. The summed E-state index contributed by atoms with van der Waals surface area (Å²) < 4.78 is 13.0. The quantitative estimate of drug-likeness (QED) is 0.773. The van der Waals surface area contributed by atoms with E-state index in [-0.39, 0.29) is 23.2 Å². The van der Waals surface area contributed by atoms with E-state index in [0.717, 1.165) is 0 Å². The Hall–Kier alpha value is -1.58. The Morgan fingerprint density at radius 1 is 1.31 bits per heavy atom. The normalized spacial score (nSPS) is 12.6. The lowest BCUT2D eigenvalue weighted by Gasteiger charge is -2.17. The van der Waals surface area contributed by atoms with Gasteiger partial charge < -0.3 is 11.1 Å². The van der Waals surface area contributed by atoms with Crippen LogP contribution >= 0.6 is 0 Å². The van der Waals surface area contributed by atoms with E-state index < -0.39 is 5.82 Å². The van der Waals surface area contributed by atoms with Crippen LogP contribution < -0.4 is 11.1 Å². The zero-order valence-corrected chi connectivity index (χ0v) is 9.75. The number of halogens is 1. The van der Waals surface area contributed by atoms with Gasteiger partial charge in [0, 0.05) is 17.3 Å². The molecule has 1 aromatic rings. The highest BCUT2D eigenvalue weighted by atomic mass is 19.1. The summed E-state index contributed by atoms with van der Waals surface area (Å²) in [6.07, 6.45) is 0. The number of rotatable bonds is 3. The summed E-state index contributed by atoms with van der Waals surface area (Å²) in [5.41, 5.74) is 5.97. The van der Waals surface area contributed by atoms with Crippen LogP contribution in [0.1, 0.15) is 31.1 Å². The maximum Gasteiger partial charge on any atom is 0.251 e. The number of hydrogen-bond acceptors (Lipinski definition) is 2. The fourth-order valence-corrected chi connectivity index (χ4v) is 1.20. The Morgan fingerprint density at radius 2 is 1.94 bits per heavy atom. The molecule has 1 rings (SSSR count). The van der Waals surface area contributed by atoms with E-state index in [1.165, 1.54) is 18.2 Å². The summed E-state index contributed by atoms with van der Waals surface area (Å²) in [5.74, 6) is -0.468. The largest absolute Gasteiger partial charge is 0.399 e. The van der Waals surface area contributed by atoms with Crippen LogP contribution in [0, 0.1) is 11.7 Å². The second-order valence-corrected chi connectivity index (χ2v) is 4.28. The average Bonchev–Trinajstić information content (AvgIpc) is 2.15. The van der Waals surface area contributed by atoms with Gasteiger partial charge in [-0.2, -0.15) is 0 Å². The summed E-state index contributed by atoms with van der Waals surface area (Å²) in [4.78, 5) is 11.7. The lowest BCUT2D eigenvalue weighted by atomic mass is 10.1. The van der Waals surface area contributed by atoms with E-state index in [9.17, 15) is 9.18 Å². The van der Waals surface area contributed by atoms with Crippen molar-refractivity contribution in [1.82, 2.24) is 5.32 Å². The minimum atomic E-state index is -0.498. The van der Waals surface area contributed by atoms with Crippen LogP contribution in [-0.2, 0) is 0 Å². The molecule has 0 bridgehead atoms. The first-order chi connectivity index (χ1) is 7.40. The topological polar surface area (TPSA) is 55.1 Å². The Morgan fingerprint density at radius 3 is 2.44 bits per heavy atom. The third-order valence-electron chi connectivity index (χ3n) is 2.54. The van der Waals surface area contributed by atoms with Gasteiger partial charge in [-0.1, -0.05) is 13.8 Å². The highest BCUT2D eigenvalue weighted by molar-refractivity contribution is 5.95. The molecule has 0 saturated carbocycles. The molecule has 1 unspecified atom stereocenters. The lowest BCUT2D eigenvalue weighted by Crippen LogP contribution is -2.36. The SMILES string of the molecule is CC(C)C(C)NC(=O)c1cc(N)cc(F)c1.